The summed E-state index contributed by atoms with van der Waals surface area (Å²) in [6.07, 6.45) is 7.50. The van der Waals surface area contributed by atoms with Gasteiger partial charge in [-0.25, -0.2) is 0 Å². The van der Waals surface area contributed by atoms with Crippen LogP contribution in [0, 0.1) is 0 Å². The van der Waals surface area contributed by atoms with Gasteiger partial charge in [-0.3, -0.25) is 4.90 Å². The fourth-order valence-electron chi connectivity index (χ4n) is 1.20. The van der Waals surface area contributed by atoms with Gasteiger partial charge in [0.25, 0.3) is 0 Å². The lowest BCUT2D eigenvalue weighted by molar-refractivity contribution is 0.329. The third kappa shape index (κ3) is 3.74. The minimum Gasteiger partial charge on any atom is -0.295 e. The van der Waals surface area contributed by atoms with Gasteiger partial charge in [0.05, 0.1) is 0 Å². The van der Waals surface area contributed by atoms with Gasteiger partial charge in [-0.1, -0.05) is 34.2 Å². The van der Waals surface area contributed by atoms with E-state index in [1.807, 2.05) is 6.08 Å². The maximum atomic E-state index is 5.52. The van der Waals surface area contributed by atoms with E-state index in [1.54, 1.807) is 0 Å². The minimum atomic E-state index is 0.616. The van der Waals surface area contributed by atoms with E-state index in [0.717, 1.165) is 26.1 Å². The fraction of sp³-hybridized carbons (Fsp3) is 0.556. The van der Waals surface area contributed by atoms with Crippen molar-refractivity contribution in [1.29, 1.82) is 0 Å². The maximum Gasteiger partial charge on any atom is 0.0404 e. The Labute approximate surface area is 87.2 Å². The van der Waals surface area contributed by atoms with Gasteiger partial charge in [-0.05, 0) is 6.42 Å². The highest BCUT2D eigenvalue weighted by atomic mass is 79.9. The zero-order valence-corrected chi connectivity index (χ0v) is 9.31. The molecule has 1 aliphatic heterocycles. The van der Waals surface area contributed by atoms with Crippen LogP contribution in [0.5, 0.6) is 0 Å². The predicted molar refractivity (Wildman–Crippen MR) is 57.9 cm³/mol. The van der Waals surface area contributed by atoms with Crippen LogP contribution >= 0.6 is 27.5 Å². The summed E-state index contributed by atoms with van der Waals surface area (Å²) in [5.41, 5.74) is 0. The first-order valence-corrected chi connectivity index (χ1v) is 5.43. The average Bonchev–Trinajstić information content (AvgIpc) is 2.05. The number of hydrogen-bond acceptors (Lipinski definition) is 1. The topological polar surface area (TPSA) is 3.24 Å². The van der Waals surface area contributed by atoms with Gasteiger partial charge in [0.1, 0.15) is 0 Å². The van der Waals surface area contributed by atoms with Crippen molar-refractivity contribution in [2.45, 2.75) is 6.42 Å². The molecule has 1 rings (SSSR count). The summed E-state index contributed by atoms with van der Waals surface area (Å²) in [4.78, 5) is 2.38. The Morgan fingerprint density at radius 1 is 1.58 bits per heavy atom. The molecule has 1 heterocycles. The number of alkyl halides is 1. The van der Waals surface area contributed by atoms with Gasteiger partial charge in [0.2, 0.25) is 0 Å². The third-order valence-electron chi connectivity index (χ3n) is 1.81. The van der Waals surface area contributed by atoms with Gasteiger partial charge in [0.15, 0.2) is 0 Å². The second-order valence-corrected chi connectivity index (χ2v) is 4.13. The normalized spacial score (nSPS) is 20.0. The van der Waals surface area contributed by atoms with Crippen LogP contribution in [-0.2, 0) is 0 Å². The van der Waals surface area contributed by atoms with Crippen LogP contribution in [0.3, 0.4) is 0 Å². The van der Waals surface area contributed by atoms with Crippen molar-refractivity contribution in [2.24, 2.45) is 0 Å². The van der Waals surface area contributed by atoms with Crippen LogP contribution in [0.25, 0.3) is 0 Å². The lowest BCUT2D eigenvalue weighted by Crippen LogP contribution is -2.28. The Morgan fingerprint density at radius 2 is 2.42 bits per heavy atom. The fourth-order valence-corrected chi connectivity index (χ4v) is 1.91. The summed E-state index contributed by atoms with van der Waals surface area (Å²) in [6, 6.07) is 0. The molecule has 0 amide bonds. The molecule has 0 unspecified atom stereocenters. The van der Waals surface area contributed by atoms with Crippen molar-refractivity contribution < 1.29 is 0 Å². The van der Waals surface area contributed by atoms with Crippen LogP contribution in [0.4, 0.5) is 0 Å². The Hall–Kier alpha value is 0.210. The van der Waals surface area contributed by atoms with Crippen molar-refractivity contribution in [2.75, 3.05) is 25.5 Å². The predicted octanol–water partition coefficient (Wildman–Crippen LogP) is 2.77. The second kappa shape index (κ2) is 5.79. The molecule has 3 heteroatoms. The SMILES string of the molecule is ClC/C=C/CN1CCC=C(Br)C1. The molecule has 0 N–H and O–H groups in total. The second-order valence-electron chi connectivity index (χ2n) is 2.80. The van der Waals surface area contributed by atoms with E-state index >= 15 is 0 Å². The number of halogens is 2. The average molecular weight is 251 g/mol. The minimum absolute atomic E-state index is 0.616. The van der Waals surface area contributed by atoms with E-state index in [-0.39, 0.29) is 0 Å². The highest BCUT2D eigenvalue weighted by Gasteiger charge is 2.07. The Morgan fingerprint density at radius 3 is 3.08 bits per heavy atom. The van der Waals surface area contributed by atoms with Crippen LogP contribution < -0.4 is 0 Å². The molecule has 12 heavy (non-hydrogen) atoms. The van der Waals surface area contributed by atoms with Crippen molar-refractivity contribution in [1.82, 2.24) is 4.90 Å². The first-order valence-electron chi connectivity index (χ1n) is 4.11. The molecule has 68 valence electrons. The summed E-state index contributed by atoms with van der Waals surface area (Å²) >= 11 is 9.03. The summed E-state index contributed by atoms with van der Waals surface area (Å²) < 4.78 is 1.30. The van der Waals surface area contributed by atoms with Gasteiger partial charge in [-0.2, -0.15) is 0 Å². The Bertz CT molecular complexity index is 189. The highest BCUT2D eigenvalue weighted by Crippen LogP contribution is 2.14. The first-order chi connectivity index (χ1) is 5.83. The lowest BCUT2D eigenvalue weighted by Gasteiger charge is -2.23. The lowest BCUT2D eigenvalue weighted by atomic mass is 10.2. The molecule has 0 aromatic heterocycles. The molecule has 1 aliphatic rings. The Balaban J connectivity index is 2.25. The van der Waals surface area contributed by atoms with Crippen molar-refractivity contribution in [3.63, 3.8) is 0 Å². The van der Waals surface area contributed by atoms with Crippen LogP contribution in [0.2, 0.25) is 0 Å². The van der Waals surface area contributed by atoms with E-state index in [9.17, 15) is 0 Å². The number of hydrogen-bond donors (Lipinski definition) is 0. The van der Waals surface area contributed by atoms with E-state index in [2.05, 4.69) is 33.0 Å². The van der Waals surface area contributed by atoms with Gasteiger partial charge >= 0.3 is 0 Å². The highest BCUT2D eigenvalue weighted by molar-refractivity contribution is 9.11. The third-order valence-corrected chi connectivity index (χ3v) is 2.56. The van der Waals surface area contributed by atoms with E-state index < -0.39 is 0 Å². The number of rotatable bonds is 3. The molecule has 0 saturated carbocycles. The summed E-state index contributed by atoms with van der Waals surface area (Å²) in [5, 5.41) is 0. The molecule has 0 bridgehead atoms. The summed E-state index contributed by atoms with van der Waals surface area (Å²) in [6.45, 7) is 3.20. The zero-order chi connectivity index (χ0) is 8.81. The molecular formula is C9H13BrClN. The number of nitrogens with zero attached hydrogens (tertiary/aromatic N) is 1. The van der Waals surface area contributed by atoms with Crippen LogP contribution in [0.1, 0.15) is 6.42 Å². The van der Waals surface area contributed by atoms with Crippen molar-refractivity contribution >= 4 is 27.5 Å². The summed E-state index contributed by atoms with van der Waals surface area (Å²) in [5.74, 6) is 0.616. The standard InChI is InChI=1S/C9H13BrClN/c10-9-4-3-7-12(8-9)6-2-1-5-11/h1-2,4H,3,5-8H2/b2-1+. The molecule has 0 aromatic rings. The molecule has 0 fully saturated rings. The first kappa shape index (κ1) is 10.3. The van der Waals surface area contributed by atoms with Crippen molar-refractivity contribution in [3.8, 4) is 0 Å². The van der Waals surface area contributed by atoms with E-state index in [1.165, 1.54) is 4.48 Å². The van der Waals surface area contributed by atoms with Gasteiger partial charge < -0.3 is 0 Å². The zero-order valence-electron chi connectivity index (χ0n) is 6.97. The van der Waals surface area contributed by atoms with E-state index in [4.69, 9.17) is 11.6 Å². The molecule has 0 spiro atoms. The smallest absolute Gasteiger partial charge is 0.0404 e. The quantitative estimate of drug-likeness (QED) is 0.550. The largest absolute Gasteiger partial charge is 0.295 e. The van der Waals surface area contributed by atoms with Crippen LogP contribution in [-0.4, -0.2) is 30.4 Å². The molecule has 0 aliphatic carbocycles. The maximum absolute atomic E-state index is 5.52. The molecule has 0 atom stereocenters. The molecule has 0 aromatic carbocycles. The molecule has 1 nitrogen and oxygen atoms in total. The van der Waals surface area contributed by atoms with E-state index in [0.29, 0.717) is 5.88 Å². The molecule has 0 radical (unpaired) electrons. The van der Waals surface area contributed by atoms with Gasteiger partial charge in [-0.15, -0.1) is 11.6 Å². The monoisotopic (exact) mass is 249 g/mol. The van der Waals surface area contributed by atoms with Crippen molar-refractivity contribution in [3.05, 3.63) is 22.7 Å². The van der Waals surface area contributed by atoms with Gasteiger partial charge in [0, 0.05) is 30.0 Å². The molecular weight excluding hydrogens is 237 g/mol. The summed E-state index contributed by atoms with van der Waals surface area (Å²) in [7, 11) is 0. The number of allylic oxidation sites excluding steroid dienone is 1. The van der Waals surface area contributed by atoms with Crippen LogP contribution in [0.15, 0.2) is 22.7 Å². The molecule has 0 saturated heterocycles. The Kier molecular flexibility index (Phi) is 4.96.